The lowest BCUT2D eigenvalue weighted by molar-refractivity contribution is 0.663. The molecule has 134 valence electrons. The van der Waals surface area contributed by atoms with Crippen LogP contribution in [-0.2, 0) is 6.42 Å². The molecule has 0 amide bonds. The van der Waals surface area contributed by atoms with Crippen molar-refractivity contribution < 1.29 is 4.42 Å². The van der Waals surface area contributed by atoms with Crippen molar-refractivity contribution in [2.75, 3.05) is 0 Å². The molecule has 2 aromatic heterocycles. The molecule has 6 rings (SSSR count). The molecule has 0 aliphatic rings. The van der Waals surface area contributed by atoms with Crippen LogP contribution >= 0.6 is 0 Å². The zero-order valence-electron chi connectivity index (χ0n) is 15.6. The number of aryl methyl sites for hydroxylation is 1. The van der Waals surface area contributed by atoms with Gasteiger partial charge < -0.3 is 8.98 Å². The highest BCUT2D eigenvalue weighted by atomic mass is 16.3. The maximum Gasteiger partial charge on any atom is 0.138 e. The molecule has 2 nitrogen and oxygen atoms in total. The molecule has 0 radical (unpaired) electrons. The van der Waals surface area contributed by atoms with E-state index in [1.54, 1.807) is 0 Å². The van der Waals surface area contributed by atoms with Gasteiger partial charge in [0.05, 0.1) is 16.4 Å². The van der Waals surface area contributed by atoms with E-state index < -0.39 is 0 Å². The van der Waals surface area contributed by atoms with E-state index in [0.717, 1.165) is 17.6 Å². The third kappa shape index (κ3) is 1.97. The molecule has 0 aliphatic carbocycles. The van der Waals surface area contributed by atoms with Crippen LogP contribution in [0.3, 0.4) is 0 Å². The van der Waals surface area contributed by atoms with Crippen molar-refractivity contribution in [1.29, 1.82) is 0 Å². The molecule has 2 heterocycles. The first-order valence-electron chi connectivity index (χ1n) is 9.78. The molecule has 0 spiro atoms. The number of hydrogen-bond acceptors (Lipinski definition) is 1. The van der Waals surface area contributed by atoms with Crippen LogP contribution in [-0.4, -0.2) is 4.57 Å². The predicted octanol–water partition coefficient (Wildman–Crippen LogP) is 7.25. The Morgan fingerprint density at radius 3 is 2.36 bits per heavy atom. The van der Waals surface area contributed by atoms with Gasteiger partial charge in [-0.1, -0.05) is 61.5 Å². The summed E-state index contributed by atoms with van der Waals surface area (Å²) < 4.78 is 8.73. The minimum Gasteiger partial charge on any atom is -0.456 e. The van der Waals surface area contributed by atoms with Crippen LogP contribution < -0.4 is 0 Å². The number of para-hydroxylation sites is 3. The van der Waals surface area contributed by atoms with Crippen LogP contribution in [0, 0.1) is 0 Å². The fourth-order valence-corrected chi connectivity index (χ4v) is 4.52. The first kappa shape index (κ1) is 15.5. The van der Waals surface area contributed by atoms with Gasteiger partial charge >= 0.3 is 0 Å². The fraction of sp³-hybridized carbons (Fsp3) is 0.0769. The van der Waals surface area contributed by atoms with Crippen molar-refractivity contribution in [2.24, 2.45) is 0 Å². The normalized spacial score (nSPS) is 11.9. The largest absolute Gasteiger partial charge is 0.456 e. The van der Waals surface area contributed by atoms with Crippen LogP contribution in [0.1, 0.15) is 12.5 Å². The maximum absolute atomic E-state index is 6.36. The Kier molecular flexibility index (Phi) is 3.18. The second-order valence-electron chi connectivity index (χ2n) is 7.27. The van der Waals surface area contributed by atoms with Crippen LogP contribution in [0.5, 0.6) is 0 Å². The monoisotopic (exact) mass is 361 g/mol. The number of hydrogen-bond donors (Lipinski definition) is 0. The van der Waals surface area contributed by atoms with Gasteiger partial charge in [0.2, 0.25) is 0 Å². The minimum atomic E-state index is 0.948. The number of fused-ring (bicyclic) bond motifs is 7. The number of aromatic nitrogens is 1. The summed E-state index contributed by atoms with van der Waals surface area (Å²) in [7, 11) is 0. The molecule has 6 aromatic rings. The van der Waals surface area contributed by atoms with Gasteiger partial charge in [0.15, 0.2) is 0 Å². The Balaban J connectivity index is 1.92. The lowest BCUT2D eigenvalue weighted by Crippen LogP contribution is -1.93. The van der Waals surface area contributed by atoms with Gasteiger partial charge in [0.25, 0.3) is 0 Å². The van der Waals surface area contributed by atoms with E-state index in [1.807, 2.05) is 0 Å². The van der Waals surface area contributed by atoms with Gasteiger partial charge in [0.1, 0.15) is 11.2 Å². The quantitative estimate of drug-likeness (QED) is 0.318. The first-order valence-corrected chi connectivity index (χ1v) is 9.78. The number of rotatable bonds is 2. The van der Waals surface area contributed by atoms with Gasteiger partial charge in [-0.3, -0.25) is 0 Å². The Morgan fingerprint density at radius 2 is 1.50 bits per heavy atom. The second-order valence-corrected chi connectivity index (χ2v) is 7.27. The Hall–Kier alpha value is -3.52. The molecule has 0 aliphatic heterocycles. The highest BCUT2D eigenvalue weighted by Gasteiger charge is 2.19. The average Bonchev–Trinajstić information content (AvgIpc) is 3.29. The van der Waals surface area contributed by atoms with Crippen molar-refractivity contribution in [3.63, 3.8) is 0 Å². The predicted molar refractivity (Wildman–Crippen MR) is 117 cm³/mol. The molecule has 4 aromatic carbocycles. The lowest BCUT2D eigenvalue weighted by atomic mass is 10.0. The standard InChI is InChI=1S/C26H19NO/c1-2-17-9-8-13-21-24-23(28-26(17)21)16-15-20-19-12-6-7-14-22(19)27(25(20)24)18-10-4-3-5-11-18/h3-16H,2H2,1H3. The molecule has 0 saturated heterocycles. The summed E-state index contributed by atoms with van der Waals surface area (Å²) in [5.41, 5.74) is 6.82. The Morgan fingerprint density at radius 1 is 0.714 bits per heavy atom. The van der Waals surface area contributed by atoms with Crippen LogP contribution in [0.15, 0.2) is 89.3 Å². The van der Waals surface area contributed by atoms with E-state index in [0.29, 0.717) is 0 Å². The van der Waals surface area contributed by atoms with E-state index in [-0.39, 0.29) is 0 Å². The summed E-state index contributed by atoms with van der Waals surface area (Å²) in [6.45, 7) is 2.18. The molecule has 0 saturated carbocycles. The van der Waals surface area contributed by atoms with Crippen molar-refractivity contribution >= 4 is 43.7 Å². The van der Waals surface area contributed by atoms with Gasteiger partial charge in [-0.05, 0) is 42.3 Å². The van der Waals surface area contributed by atoms with Crippen LogP contribution in [0.4, 0.5) is 0 Å². The van der Waals surface area contributed by atoms with E-state index in [1.165, 1.54) is 43.8 Å². The number of furan rings is 1. The molecular weight excluding hydrogens is 342 g/mol. The van der Waals surface area contributed by atoms with Crippen molar-refractivity contribution in [3.05, 3.63) is 90.5 Å². The summed E-state index contributed by atoms with van der Waals surface area (Å²) in [6, 6.07) is 30.1. The zero-order chi connectivity index (χ0) is 18.7. The molecule has 0 atom stereocenters. The zero-order valence-corrected chi connectivity index (χ0v) is 15.6. The summed E-state index contributed by atoms with van der Waals surface area (Å²) in [4.78, 5) is 0. The van der Waals surface area contributed by atoms with Gasteiger partial charge in [-0.2, -0.15) is 0 Å². The van der Waals surface area contributed by atoms with Crippen molar-refractivity contribution in [1.82, 2.24) is 4.57 Å². The molecule has 28 heavy (non-hydrogen) atoms. The van der Waals surface area contributed by atoms with E-state index in [9.17, 15) is 0 Å². The lowest BCUT2D eigenvalue weighted by Gasteiger charge is -2.08. The highest BCUT2D eigenvalue weighted by molar-refractivity contribution is 6.24. The van der Waals surface area contributed by atoms with Gasteiger partial charge in [-0.25, -0.2) is 0 Å². The van der Waals surface area contributed by atoms with E-state index in [4.69, 9.17) is 4.42 Å². The van der Waals surface area contributed by atoms with E-state index >= 15 is 0 Å². The summed E-state index contributed by atoms with van der Waals surface area (Å²) in [6.07, 6.45) is 0.960. The van der Waals surface area contributed by atoms with Crippen molar-refractivity contribution in [2.45, 2.75) is 13.3 Å². The average molecular weight is 361 g/mol. The first-order chi connectivity index (χ1) is 13.9. The second kappa shape index (κ2) is 5.74. The SMILES string of the molecule is CCc1cccc2c1oc1ccc3c4ccccc4n(-c4ccccc4)c3c12. The number of benzene rings is 4. The topological polar surface area (TPSA) is 18.1 Å². The molecule has 0 unspecified atom stereocenters. The third-order valence-electron chi connectivity index (χ3n) is 5.77. The van der Waals surface area contributed by atoms with E-state index in [2.05, 4.69) is 96.4 Å². The minimum absolute atomic E-state index is 0.948. The maximum atomic E-state index is 6.36. The Labute approximate surface area is 162 Å². The summed E-state index contributed by atoms with van der Waals surface area (Å²) in [5, 5.41) is 4.92. The van der Waals surface area contributed by atoms with Crippen LogP contribution in [0.2, 0.25) is 0 Å². The van der Waals surface area contributed by atoms with Gasteiger partial charge in [0, 0.05) is 21.8 Å². The van der Waals surface area contributed by atoms with Crippen LogP contribution in [0.25, 0.3) is 49.4 Å². The smallest absolute Gasteiger partial charge is 0.138 e. The number of nitrogens with zero attached hydrogens (tertiary/aromatic N) is 1. The highest BCUT2D eigenvalue weighted by Crippen LogP contribution is 2.41. The molecular formula is C26H19NO. The summed E-state index contributed by atoms with van der Waals surface area (Å²) in [5.74, 6) is 0. The summed E-state index contributed by atoms with van der Waals surface area (Å²) >= 11 is 0. The molecule has 0 N–H and O–H groups in total. The Bertz CT molecular complexity index is 1490. The molecule has 2 heteroatoms. The van der Waals surface area contributed by atoms with Crippen molar-refractivity contribution in [3.8, 4) is 5.69 Å². The third-order valence-corrected chi connectivity index (χ3v) is 5.77. The fourth-order valence-electron chi connectivity index (χ4n) is 4.52. The van der Waals surface area contributed by atoms with Gasteiger partial charge in [-0.15, -0.1) is 0 Å². The molecule has 0 fully saturated rings. The molecule has 0 bridgehead atoms.